The Balaban J connectivity index is 2.65. The molecular formula is C23H36O4. The van der Waals surface area contributed by atoms with Crippen molar-refractivity contribution in [3.05, 3.63) is 23.8 Å². The summed E-state index contributed by atoms with van der Waals surface area (Å²) >= 11 is 0. The van der Waals surface area contributed by atoms with Crippen LogP contribution in [0.15, 0.2) is 18.2 Å². The molecule has 0 heterocycles. The highest BCUT2D eigenvalue weighted by Gasteiger charge is 2.14. The summed E-state index contributed by atoms with van der Waals surface area (Å²) in [6.07, 6.45) is 11.9. The van der Waals surface area contributed by atoms with Gasteiger partial charge in [0.15, 0.2) is 11.5 Å². The fraction of sp³-hybridized carbons (Fsp3) is 0.652. The molecule has 0 saturated carbocycles. The molecule has 0 aromatic heterocycles. The van der Waals surface area contributed by atoms with Crippen LogP contribution < -0.4 is 9.47 Å². The summed E-state index contributed by atoms with van der Waals surface area (Å²) < 4.78 is 10.8. The Morgan fingerprint density at radius 2 is 1.26 bits per heavy atom. The summed E-state index contributed by atoms with van der Waals surface area (Å²) in [7, 11) is 0. The summed E-state index contributed by atoms with van der Waals surface area (Å²) in [6, 6.07) is 5.56. The normalized spacial score (nSPS) is 10.6. The Kier molecular flexibility index (Phi) is 12.2. The van der Waals surface area contributed by atoms with Crippen molar-refractivity contribution in [2.24, 2.45) is 0 Å². The molecule has 0 aliphatic rings. The van der Waals surface area contributed by atoms with Crippen LogP contribution in [-0.4, -0.2) is 11.9 Å². The van der Waals surface area contributed by atoms with Gasteiger partial charge in [-0.1, -0.05) is 65.4 Å². The van der Waals surface area contributed by atoms with Gasteiger partial charge in [0.2, 0.25) is 0 Å². The van der Waals surface area contributed by atoms with Crippen molar-refractivity contribution in [2.75, 3.05) is 0 Å². The van der Waals surface area contributed by atoms with E-state index < -0.39 is 0 Å². The molecule has 0 radical (unpaired) electrons. The van der Waals surface area contributed by atoms with Gasteiger partial charge in [0.25, 0.3) is 0 Å². The number of unbranched alkanes of at least 4 members (excludes halogenated alkanes) is 6. The molecule has 152 valence electrons. The van der Waals surface area contributed by atoms with Crippen molar-refractivity contribution >= 4 is 11.9 Å². The number of rotatable bonds is 14. The minimum Gasteiger partial charge on any atom is -0.423 e. The minimum atomic E-state index is -0.301. The van der Waals surface area contributed by atoms with E-state index in [0.717, 1.165) is 31.2 Å². The van der Waals surface area contributed by atoms with Gasteiger partial charge < -0.3 is 9.47 Å². The Labute approximate surface area is 164 Å². The summed E-state index contributed by atoms with van der Waals surface area (Å²) in [5.41, 5.74) is 1.11. The molecular weight excluding hydrogens is 340 g/mol. The molecule has 0 spiro atoms. The molecule has 0 unspecified atom stereocenters. The fourth-order valence-corrected chi connectivity index (χ4v) is 2.91. The van der Waals surface area contributed by atoms with Crippen molar-refractivity contribution in [1.29, 1.82) is 0 Å². The van der Waals surface area contributed by atoms with E-state index in [0.29, 0.717) is 24.3 Å². The maximum absolute atomic E-state index is 11.9. The second-order valence-corrected chi connectivity index (χ2v) is 7.10. The van der Waals surface area contributed by atoms with E-state index in [1.54, 1.807) is 6.07 Å². The number of hydrogen-bond acceptors (Lipinski definition) is 4. The summed E-state index contributed by atoms with van der Waals surface area (Å²) in [5, 5.41) is 0. The van der Waals surface area contributed by atoms with E-state index in [1.165, 1.54) is 38.5 Å². The number of carbonyl (C=O) groups excluding carboxylic acids is 2. The molecule has 27 heavy (non-hydrogen) atoms. The van der Waals surface area contributed by atoms with Crippen molar-refractivity contribution in [1.82, 2.24) is 0 Å². The van der Waals surface area contributed by atoms with Gasteiger partial charge in [0.05, 0.1) is 0 Å². The van der Waals surface area contributed by atoms with Gasteiger partial charge in [-0.05, 0) is 43.4 Å². The number of esters is 2. The first-order chi connectivity index (χ1) is 13.1. The first kappa shape index (κ1) is 23.2. The van der Waals surface area contributed by atoms with Gasteiger partial charge >= 0.3 is 11.9 Å². The highest BCUT2D eigenvalue weighted by Crippen LogP contribution is 2.30. The highest BCUT2D eigenvalue weighted by atomic mass is 16.6. The van der Waals surface area contributed by atoms with Crippen LogP contribution in [0.4, 0.5) is 0 Å². The number of ether oxygens (including phenoxy) is 2. The zero-order valence-corrected chi connectivity index (χ0v) is 17.4. The van der Waals surface area contributed by atoms with Gasteiger partial charge in [0, 0.05) is 12.8 Å². The molecule has 1 aromatic carbocycles. The number of aryl methyl sites for hydroxylation is 1. The zero-order valence-electron chi connectivity index (χ0n) is 17.4. The lowest BCUT2D eigenvalue weighted by molar-refractivity contribution is -0.137. The molecule has 0 amide bonds. The lowest BCUT2D eigenvalue weighted by Crippen LogP contribution is -2.12. The van der Waals surface area contributed by atoms with Crippen LogP contribution in [0.2, 0.25) is 0 Å². The Hall–Kier alpha value is -1.84. The van der Waals surface area contributed by atoms with Gasteiger partial charge in [0.1, 0.15) is 0 Å². The predicted molar refractivity (Wildman–Crippen MR) is 109 cm³/mol. The van der Waals surface area contributed by atoms with E-state index in [2.05, 4.69) is 6.92 Å². The van der Waals surface area contributed by atoms with Crippen LogP contribution in [-0.2, 0) is 16.0 Å². The fourth-order valence-electron chi connectivity index (χ4n) is 2.91. The quantitative estimate of drug-likeness (QED) is 0.214. The van der Waals surface area contributed by atoms with E-state index in [-0.39, 0.29) is 11.9 Å². The second-order valence-electron chi connectivity index (χ2n) is 7.10. The topological polar surface area (TPSA) is 52.6 Å². The lowest BCUT2D eigenvalue weighted by atomic mass is 10.0. The lowest BCUT2D eigenvalue weighted by Gasteiger charge is -2.12. The number of hydrogen-bond donors (Lipinski definition) is 0. The molecule has 0 aliphatic heterocycles. The standard InChI is InChI=1S/C23H36O4/c1-4-7-8-9-10-11-12-15-19-16-17-20(26-22(24)13-5-2)21(18-19)27-23(25)14-6-3/h16-18H,4-15H2,1-3H3. The molecule has 1 aromatic rings. The van der Waals surface area contributed by atoms with Gasteiger partial charge in [-0.15, -0.1) is 0 Å². The monoisotopic (exact) mass is 376 g/mol. The van der Waals surface area contributed by atoms with Crippen LogP contribution in [0, 0.1) is 0 Å². The van der Waals surface area contributed by atoms with Crippen molar-refractivity contribution in [2.45, 2.75) is 97.8 Å². The van der Waals surface area contributed by atoms with E-state index in [1.807, 2.05) is 26.0 Å². The average molecular weight is 377 g/mol. The Morgan fingerprint density at radius 3 is 1.85 bits per heavy atom. The summed E-state index contributed by atoms with van der Waals surface area (Å²) in [6.45, 7) is 6.09. The van der Waals surface area contributed by atoms with Crippen LogP contribution in [0.5, 0.6) is 11.5 Å². The third-order valence-corrected chi connectivity index (χ3v) is 4.43. The van der Waals surface area contributed by atoms with Gasteiger partial charge in [-0.3, -0.25) is 9.59 Å². The van der Waals surface area contributed by atoms with Crippen LogP contribution in [0.25, 0.3) is 0 Å². The Morgan fingerprint density at radius 1 is 0.704 bits per heavy atom. The second kappa shape index (κ2) is 14.2. The molecule has 4 nitrogen and oxygen atoms in total. The SMILES string of the molecule is CCCCCCCCCc1ccc(OC(=O)CCC)c(OC(=O)CCC)c1. The molecule has 0 bridgehead atoms. The summed E-state index contributed by atoms with van der Waals surface area (Å²) in [5.74, 6) is 0.100. The third kappa shape index (κ3) is 10.2. The van der Waals surface area contributed by atoms with Crippen molar-refractivity contribution in [3.63, 3.8) is 0 Å². The number of carbonyl (C=O) groups is 2. The van der Waals surface area contributed by atoms with Crippen LogP contribution >= 0.6 is 0 Å². The maximum atomic E-state index is 11.9. The third-order valence-electron chi connectivity index (χ3n) is 4.43. The van der Waals surface area contributed by atoms with E-state index in [9.17, 15) is 9.59 Å². The van der Waals surface area contributed by atoms with Gasteiger partial charge in [-0.25, -0.2) is 0 Å². The molecule has 0 fully saturated rings. The maximum Gasteiger partial charge on any atom is 0.311 e. The number of benzene rings is 1. The minimum absolute atomic E-state index is 0.293. The smallest absolute Gasteiger partial charge is 0.311 e. The molecule has 4 heteroatoms. The van der Waals surface area contributed by atoms with Crippen molar-refractivity contribution in [3.8, 4) is 11.5 Å². The molecule has 0 atom stereocenters. The zero-order chi connectivity index (χ0) is 19.9. The molecule has 0 saturated heterocycles. The van der Waals surface area contributed by atoms with E-state index in [4.69, 9.17) is 9.47 Å². The average Bonchev–Trinajstić information content (AvgIpc) is 2.63. The summed E-state index contributed by atoms with van der Waals surface area (Å²) in [4.78, 5) is 23.7. The van der Waals surface area contributed by atoms with Gasteiger partial charge in [-0.2, -0.15) is 0 Å². The highest BCUT2D eigenvalue weighted by molar-refractivity contribution is 5.76. The molecule has 0 N–H and O–H groups in total. The predicted octanol–water partition coefficient (Wildman–Crippen LogP) is 6.39. The van der Waals surface area contributed by atoms with Crippen molar-refractivity contribution < 1.29 is 19.1 Å². The van der Waals surface area contributed by atoms with Crippen LogP contribution in [0.1, 0.15) is 97.0 Å². The molecule has 1 rings (SSSR count). The molecule has 0 aliphatic carbocycles. The first-order valence-electron chi connectivity index (χ1n) is 10.6. The van der Waals surface area contributed by atoms with E-state index >= 15 is 0 Å². The first-order valence-corrected chi connectivity index (χ1v) is 10.6. The largest absolute Gasteiger partial charge is 0.423 e. The Bertz CT molecular complexity index is 565. The van der Waals surface area contributed by atoms with Crippen LogP contribution in [0.3, 0.4) is 0 Å².